The third-order valence-corrected chi connectivity index (χ3v) is 4.87. The zero-order valence-electron chi connectivity index (χ0n) is 18.0. The highest BCUT2D eigenvalue weighted by Crippen LogP contribution is 2.27. The minimum absolute atomic E-state index is 0.0682. The molecular formula is C21H25N7O3. The normalized spacial score (nSPS) is 14.4. The molecule has 1 aliphatic rings. The van der Waals surface area contributed by atoms with Crippen LogP contribution in [0.5, 0.6) is 0 Å². The van der Waals surface area contributed by atoms with E-state index in [1.165, 1.54) is 0 Å². The Morgan fingerprint density at radius 3 is 2.58 bits per heavy atom. The number of nitrogens with zero attached hydrogens (tertiary/aromatic N) is 6. The van der Waals surface area contributed by atoms with E-state index in [4.69, 9.17) is 4.74 Å². The molecule has 0 saturated carbocycles. The van der Waals surface area contributed by atoms with Crippen LogP contribution in [-0.2, 0) is 11.3 Å². The molecule has 4 heterocycles. The third kappa shape index (κ3) is 4.62. The number of carbonyl (C=O) groups excluding carboxylic acids is 2. The predicted molar refractivity (Wildman–Crippen MR) is 112 cm³/mol. The van der Waals surface area contributed by atoms with Crippen molar-refractivity contribution in [2.75, 3.05) is 13.1 Å². The van der Waals surface area contributed by atoms with Crippen LogP contribution in [0, 0.1) is 6.92 Å². The number of rotatable bonds is 4. The number of hydrogen-bond acceptors (Lipinski definition) is 7. The first-order chi connectivity index (χ1) is 14.7. The van der Waals surface area contributed by atoms with Crippen molar-refractivity contribution >= 4 is 23.0 Å². The topological polar surface area (TPSA) is 115 Å². The predicted octanol–water partition coefficient (Wildman–Crippen LogP) is 2.25. The number of fused-ring (bicyclic) bond motifs is 1. The third-order valence-electron chi connectivity index (χ3n) is 4.87. The molecule has 31 heavy (non-hydrogen) atoms. The van der Waals surface area contributed by atoms with Gasteiger partial charge in [0.1, 0.15) is 16.8 Å². The number of carbonyl (C=O) groups is 2. The molecule has 0 bridgehead atoms. The fraction of sp³-hybridized carbons (Fsp3) is 0.429. The van der Waals surface area contributed by atoms with Gasteiger partial charge in [0, 0.05) is 19.3 Å². The van der Waals surface area contributed by atoms with Crippen LogP contribution in [-0.4, -0.2) is 60.1 Å². The summed E-state index contributed by atoms with van der Waals surface area (Å²) in [7, 11) is 0. The smallest absolute Gasteiger partial charge is 0.410 e. The van der Waals surface area contributed by atoms with E-state index in [1.807, 2.05) is 32.3 Å². The average Bonchev–Trinajstić information content (AvgIpc) is 3.08. The van der Waals surface area contributed by atoms with Crippen molar-refractivity contribution in [1.82, 2.24) is 34.7 Å². The summed E-state index contributed by atoms with van der Waals surface area (Å²) in [6.45, 7) is 8.70. The molecule has 162 valence electrons. The molecule has 1 aliphatic heterocycles. The molecule has 4 rings (SSSR count). The lowest BCUT2D eigenvalue weighted by Gasteiger charge is -2.40. The van der Waals surface area contributed by atoms with Gasteiger partial charge in [0.05, 0.1) is 48.2 Å². The largest absolute Gasteiger partial charge is 0.444 e. The van der Waals surface area contributed by atoms with Crippen molar-refractivity contribution < 1.29 is 14.3 Å². The molecule has 1 fully saturated rings. The molecule has 1 N–H and O–H groups in total. The molecule has 0 atom stereocenters. The number of likely N-dealkylation sites (tertiary alicyclic amines) is 1. The highest BCUT2D eigenvalue weighted by Gasteiger charge is 2.35. The van der Waals surface area contributed by atoms with Crippen LogP contribution < -0.4 is 5.32 Å². The monoisotopic (exact) mass is 423 g/mol. The number of aryl methyl sites for hydroxylation is 1. The van der Waals surface area contributed by atoms with Gasteiger partial charge in [-0.2, -0.15) is 0 Å². The standard InChI is InChI=1S/C21H25N7O3/c1-13-6-23-14(7-22-13)8-25-19(29)16-5-18-17(9-24-16)26-12-28(18)15-10-27(11-15)20(30)31-21(2,3)4/h5-7,9,12,15H,8,10-11H2,1-4H3,(H,25,29). The quantitative estimate of drug-likeness (QED) is 0.684. The molecule has 10 nitrogen and oxygen atoms in total. The summed E-state index contributed by atoms with van der Waals surface area (Å²) in [5.41, 5.74) is 2.74. The summed E-state index contributed by atoms with van der Waals surface area (Å²) >= 11 is 0. The SMILES string of the molecule is Cc1cnc(CNC(=O)c2cc3c(cn2)ncn3C2CN(C(=O)OC(C)(C)C)C2)cn1. The van der Waals surface area contributed by atoms with E-state index in [1.54, 1.807) is 35.9 Å². The number of aromatic nitrogens is 5. The molecule has 0 aromatic carbocycles. The van der Waals surface area contributed by atoms with Crippen LogP contribution in [0.15, 0.2) is 31.0 Å². The second-order valence-electron chi connectivity index (χ2n) is 8.58. The first kappa shape index (κ1) is 20.7. The van der Waals surface area contributed by atoms with Crippen LogP contribution in [0.1, 0.15) is 48.7 Å². The van der Waals surface area contributed by atoms with Gasteiger partial charge in [-0.15, -0.1) is 0 Å². The highest BCUT2D eigenvalue weighted by molar-refractivity contribution is 5.95. The fourth-order valence-corrected chi connectivity index (χ4v) is 3.22. The van der Waals surface area contributed by atoms with Gasteiger partial charge in [-0.3, -0.25) is 14.8 Å². The van der Waals surface area contributed by atoms with Crippen LogP contribution in [0.2, 0.25) is 0 Å². The number of ether oxygens (including phenoxy) is 1. The number of amides is 2. The molecule has 2 amide bonds. The Kier molecular flexibility index (Phi) is 5.30. The van der Waals surface area contributed by atoms with Gasteiger partial charge >= 0.3 is 6.09 Å². The Labute approximate surface area is 179 Å². The summed E-state index contributed by atoms with van der Waals surface area (Å²) in [5, 5.41) is 2.81. The molecule has 10 heteroatoms. The van der Waals surface area contributed by atoms with Gasteiger partial charge in [-0.25, -0.2) is 14.8 Å². The van der Waals surface area contributed by atoms with Gasteiger partial charge < -0.3 is 19.5 Å². The Bertz CT molecular complexity index is 1110. The summed E-state index contributed by atoms with van der Waals surface area (Å²) < 4.78 is 7.38. The number of hydrogen-bond donors (Lipinski definition) is 1. The Hall–Kier alpha value is -3.56. The van der Waals surface area contributed by atoms with Crippen LogP contribution in [0.4, 0.5) is 4.79 Å². The van der Waals surface area contributed by atoms with Crippen molar-refractivity contribution in [3.8, 4) is 0 Å². The molecule has 3 aromatic rings. The first-order valence-electron chi connectivity index (χ1n) is 10.1. The second kappa shape index (κ2) is 7.93. The maximum Gasteiger partial charge on any atom is 0.410 e. The zero-order valence-corrected chi connectivity index (χ0v) is 18.0. The van der Waals surface area contributed by atoms with Crippen molar-refractivity contribution in [3.05, 3.63) is 48.1 Å². The summed E-state index contributed by atoms with van der Waals surface area (Å²) in [6, 6.07) is 1.79. The maximum atomic E-state index is 12.6. The summed E-state index contributed by atoms with van der Waals surface area (Å²) in [5.74, 6) is -0.305. The Morgan fingerprint density at radius 1 is 1.13 bits per heavy atom. The van der Waals surface area contributed by atoms with Gasteiger partial charge in [0.25, 0.3) is 5.91 Å². The zero-order chi connectivity index (χ0) is 22.2. The van der Waals surface area contributed by atoms with Crippen LogP contribution in [0.25, 0.3) is 11.0 Å². The fourth-order valence-electron chi connectivity index (χ4n) is 3.22. The summed E-state index contributed by atoms with van der Waals surface area (Å²) in [4.78, 5) is 43.4. The maximum absolute atomic E-state index is 12.6. The van der Waals surface area contributed by atoms with E-state index >= 15 is 0 Å². The summed E-state index contributed by atoms with van der Waals surface area (Å²) in [6.07, 6.45) is 6.26. The molecule has 0 aliphatic carbocycles. The van der Waals surface area contributed by atoms with Gasteiger partial charge in [-0.1, -0.05) is 0 Å². The Morgan fingerprint density at radius 2 is 1.90 bits per heavy atom. The highest BCUT2D eigenvalue weighted by atomic mass is 16.6. The average molecular weight is 423 g/mol. The van der Waals surface area contributed by atoms with E-state index in [-0.39, 0.29) is 30.3 Å². The second-order valence-corrected chi connectivity index (χ2v) is 8.58. The van der Waals surface area contributed by atoms with Crippen molar-refractivity contribution in [2.45, 2.75) is 45.9 Å². The number of imidazole rings is 1. The lowest BCUT2D eigenvalue weighted by Crippen LogP contribution is -2.52. The minimum Gasteiger partial charge on any atom is -0.444 e. The lowest BCUT2D eigenvalue weighted by atomic mass is 10.1. The molecule has 1 saturated heterocycles. The molecule has 0 unspecified atom stereocenters. The minimum atomic E-state index is -0.526. The van der Waals surface area contributed by atoms with E-state index < -0.39 is 5.60 Å². The number of nitrogens with one attached hydrogen (secondary N) is 1. The molecule has 0 radical (unpaired) electrons. The van der Waals surface area contributed by atoms with E-state index in [2.05, 4.69) is 25.3 Å². The van der Waals surface area contributed by atoms with E-state index in [0.717, 1.165) is 11.2 Å². The number of pyridine rings is 1. The molecule has 3 aromatic heterocycles. The van der Waals surface area contributed by atoms with Gasteiger partial charge in [0.15, 0.2) is 0 Å². The van der Waals surface area contributed by atoms with Crippen molar-refractivity contribution in [3.63, 3.8) is 0 Å². The Balaban J connectivity index is 1.43. The first-order valence-corrected chi connectivity index (χ1v) is 10.1. The van der Waals surface area contributed by atoms with E-state index in [9.17, 15) is 9.59 Å². The van der Waals surface area contributed by atoms with Gasteiger partial charge in [0.2, 0.25) is 0 Å². The van der Waals surface area contributed by atoms with E-state index in [0.29, 0.717) is 24.3 Å². The van der Waals surface area contributed by atoms with Crippen molar-refractivity contribution in [1.29, 1.82) is 0 Å². The lowest BCUT2D eigenvalue weighted by molar-refractivity contribution is 0.00150. The van der Waals surface area contributed by atoms with Crippen LogP contribution >= 0.6 is 0 Å². The molecular weight excluding hydrogens is 398 g/mol. The molecule has 0 spiro atoms. The van der Waals surface area contributed by atoms with Gasteiger partial charge in [-0.05, 0) is 33.8 Å². The van der Waals surface area contributed by atoms with Crippen molar-refractivity contribution in [2.24, 2.45) is 0 Å². The van der Waals surface area contributed by atoms with Crippen LogP contribution in [0.3, 0.4) is 0 Å².